The summed E-state index contributed by atoms with van der Waals surface area (Å²) in [6, 6.07) is 12.1. The lowest BCUT2D eigenvalue weighted by Crippen LogP contribution is -2.43. The fourth-order valence-corrected chi connectivity index (χ4v) is 3.82. The first-order chi connectivity index (χ1) is 13.3. The van der Waals surface area contributed by atoms with E-state index < -0.39 is 0 Å². The molecule has 1 N–H and O–H groups in total. The maximum Gasteiger partial charge on any atom is 0.225 e. The van der Waals surface area contributed by atoms with E-state index in [1.165, 1.54) is 0 Å². The summed E-state index contributed by atoms with van der Waals surface area (Å²) in [7, 11) is 0. The second-order valence-electron chi connectivity index (χ2n) is 7.00. The predicted molar refractivity (Wildman–Crippen MR) is 106 cm³/mol. The smallest absolute Gasteiger partial charge is 0.225 e. The Balaban J connectivity index is 1.47. The summed E-state index contributed by atoms with van der Waals surface area (Å²) >= 11 is 0. The van der Waals surface area contributed by atoms with E-state index in [9.17, 15) is 4.79 Å². The second-order valence-corrected chi connectivity index (χ2v) is 7.00. The largest absolute Gasteiger partial charge is 0.352 e. The van der Waals surface area contributed by atoms with Crippen LogP contribution in [0.25, 0.3) is 11.0 Å². The maximum absolute atomic E-state index is 12.7. The number of amides is 1. The maximum atomic E-state index is 12.7. The Morgan fingerprint density at radius 1 is 1.22 bits per heavy atom. The van der Waals surface area contributed by atoms with Gasteiger partial charge in [0, 0.05) is 38.6 Å². The highest BCUT2D eigenvalue weighted by molar-refractivity contribution is 5.81. The van der Waals surface area contributed by atoms with Crippen LogP contribution >= 0.6 is 0 Å². The average Bonchev–Trinajstić information content (AvgIpc) is 3.11. The number of para-hydroxylation sites is 2. The molecule has 140 valence electrons. The molecule has 0 unspecified atom stereocenters. The van der Waals surface area contributed by atoms with Gasteiger partial charge in [0.25, 0.3) is 0 Å². The summed E-state index contributed by atoms with van der Waals surface area (Å²) in [5.74, 6) is 1.09. The van der Waals surface area contributed by atoms with Crippen molar-refractivity contribution < 1.29 is 4.79 Å². The Hall–Kier alpha value is -2.89. The number of benzene rings is 1. The zero-order valence-electron chi connectivity index (χ0n) is 15.6. The molecule has 1 saturated heterocycles. The van der Waals surface area contributed by atoms with E-state index in [1.54, 1.807) is 12.4 Å². The van der Waals surface area contributed by atoms with Crippen LogP contribution in [0, 0.1) is 5.92 Å². The lowest BCUT2D eigenvalue weighted by Gasteiger charge is -2.33. The Bertz CT molecular complexity index is 921. The van der Waals surface area contributed by atoms with Crippen molar-refractivity contribution in [3.8, 4) is 0 Å². The number of fused-ring (bicyclic) bond motifs is 1. The van der Waals surface area contributed by atoms with Crippen molar-refractivity contribution in [2.24, 2.45) is 5.92 Å². The minimum absolute atomic E-state index is 0.00861. The highest BCUT2D eigenvalue weighted by atomic mass is 16.1. The third-order valence-corrected chi connectivity index (χ3v) is 5.24. The highest BCUT2D eigenvalue weighted by Gasteiger charge is 2.28. The van der Waals surface area contributed by atoms with E-state index >= 15 is 0 Å². The molecule has 0 radical (unpaired) electrons. The number of hydrogen-bond donors (Lipinski definition) is 1. The van der Waals surface area contributed by atoms with Gasteiger partial charge in [-0.3, -0.25) is 9.78 Å². The summed E-state index contributed by atoms with van der Waals surface area (Å²) in [5, 5.41) is 3.08. The van der Waals surface area contributed by atoms with Gasteiger partial charge in [0.15, 0.2) is 0 Å². The van der Waals surface area contributed by atoms with E-state index in [4.69, 9.17) is 4.98 Å². The van der Waals surface area contributed by atoms with Gasteiger partial charge >= 0.3 is 0 Å². The number of rotatable bonds is 5. The van der Waals surface area contributed by atoms with Crippen LogP contribution in [0.15, 0.2) is 48.8 Å². The minimum atomic E-state index is -0.00861. The standard InChI is InChI=1S/C21H25N5O/c1-2-26-19-8-4-3-7-18(19)24-21(26)25-13-5-6-17(15-25)20(27)23-14-16-9-11-22-12-10-16/h3-4,7-12,17H,2,5-6,13-15H2,1H3,(H,23,27)/t17-/m1/s1. The number of carbonyl (C=O) groups is 1. The molecule has 0 bridgehead atoms. The average molecular weight is 363 g/mol. The lowest BCUT2D eigenvalue weighted by molar-refractivity contribution is -0.125. The molecule has 1 aliphatic heterocycles. The molecule has 0 saturated carbocycles. The van der Waals surface area contributed by atoms with Gasteiger partial charge in [0.05, 0.1) is 17.0 Å². The summed E-state index contributed by atoms with van der Waals surface area (Å²) in [6.45, 7) is 5.21. The van der Waals surface area contributed by atoms with E-state index in [-0.39, 0.29) is 11.8 Å². The van der Waals surface area contributed by atoms with Gasteiger partial charge in [-0.25, -0.2) is 4.98 Å². The van der Waals surface area contributed by atoms with Crippen molar-refractivity contribution in [3.63, 3.8) is 0 Å². The Kier molecular flexibility index (Phi) is 5.05. The summed E-state index contributed by atoms with van der Waals surface area (Å²) in [6.07, 6.45) is 5.42. The monoisotopic (exact) mass is 363 g/mol. The van der Waals surface area contributed by atoms with Crippen LogP contribution in [0.3, 0.4) is 0 Å². The normalized spacial score (nSPS) is 17.2. The molecule has 4 rings (SSSR count). The quantitative estimate of drug-likeness (QED) is 0.757. The van der Waals surface area contributed by atoms with Crippen LogP contribution in [0.5, 0.6) is 0 Å². The Morgan fingerprint density at radius 2 is 2.04 bits per heavy atom. The number of anilines is 1. The summed E-state index contributed by atoms with van der Waals surface area (Å²) in [4.78, 5) is 23.8. The fourth-order valence-electron chi connectivity index (χ4n) is 3.82. The number of nitrogens with zero attached hydrogens (tertiary/aromatic N) is 4. The molecular weight excluding hydrogens is 338 g/mol. The van der Waals surface area contributed by atoms with Gasteiger partial charge in [-0.15, -0.1) is 0 Å². The van der Waals surface area contributed by atoms with Crippen molar-refractivity contribution in [1.82, 2.24) is 19.9 Å². The number of imidazole rings is 1. The third kappa shape index (κ3) is 3.65. The topological polar surface area (TPSA) is 63.1 Å². The number of piperidine rings is 1. The molecule has 3 heterocycles. The minimum Gasteiger partial charge on any atom is -0.352 e. The van der Waals surface area contributed by atoms with Crippen molar-refractivity contribution in [1.29, 1.82) is 0 Å². The number of aryl methyl sites for hydroxylation is 1. The first-order valence-electron chi connectivity index (χ1n) is 9.63. The highest BCUT2D eigenvalue weighted by Crippen LogP contribution is 2.27. The van der Waals surface area contributed by atoms with E-state index in [2.05, 4.69) is 32.8 Å². The van der Waals surface area contributed by atoms with Crippen molar-refractivity contribution in [3.05, 3.63) is 54.4 Å². The van der Waals surface area contributed by atoms with Crippen molar-refractivity contribution in [2.75, 3.05) is 18.0 Å². The number of nitrogens with one attached hydrogen (secondary N) is 1. The van der Waals surface area contributed by atoms with Crippen LogP contribution in [0.1, 0.15) is 25.3 Å². The van der Waals surface area contributed by atoms with Gasteiger partial charge in [-0.1, -0.05) is 12.1 Å². The zero-order valence-corrected chi connectivity index (χ0v) is 15.6. The lowest BCUT2D eigenvalue weighted by atomic mass is 9.97. The number of carbonyl (C=O) groups excluding carboxylic acids is 1. The first-order valence-corrected chi connectivity index (χ1v) is 9.63. The molecule has 6 nitrogen and oxygen atoms in total. The van der Waals surface area contributed by atoms with Crippen molar-refractivity contribution >= 4 is 22.9 Å². The molecule has 1 aromatic carbocycles. The molecule has 0 aliphatic carbocycles. The molecule has 1 aliphatic rings. The SMILES string of the molecule is CCn1c(N2CCC[C@@H](C(=O)NCc3ccncc3)C2)nc2ccccc21. The van der Waals surface area contributed by atoms with Crippen LogP contribution < -0.4 is 10.2 Å². The molecule has 6 heteroatoms. The van der Waals surface area contributed by atoms with Crippen molar-refractivity contribution in [2.45, 2.75) is 32.9 Å². The zero-order chi connectivity index (χ0) is 18.6. The molecule has 1 amide bonds. The predicted octanol–water partition coefficient (Wildman–Crippen LogP) is 2.98. The van der Waals surface area contributed by atoms with E-state index in [0.29, 0.717) is 13.1 Å². The number of aromatic nitrogens is 3. The van der Waals surface area contributed by atoms with Gasteiger partial charge < -0.3 is 14.8 Å². The molecule has 3 aromatic rings. The van der Waals surface area contributed by atoms with Crippen LogP contribution in [-0.2, 0) is 17.9 Å². The summed E-state index contributed by atoms with van der Waals surface area (Å²) in [5.41, 5.74) is 3.23. The molecule has 0 spiro atoms. The van der Waals surface area contributed by atoms with Gasteiger partial charge in [-0.2, -0.15) is 0 Å². The van der Waals surface area contributed by atoms with E-state index in [0.717, 1.165) is 48.5 Å². The number of hydrogen-bond acceptors (Lipinski definition) is 4. The molecular formula is C21H25N5O. The van der Waals surface area contributed by atoms with Crippen LogP contribution in [0.4, 0.5) is 5.95 Å². The molecule has 27 heavy (non-hydrogen) atoms. The van der Waals surface area contributed by atoms with Gasteiger partial charge in [0.2, 0.25) is 11.9 Å². The second kappa shape index (κ2) is 7.78. The van der Waals surface area contributed by atoms with Crippen LogP contribution in [-0.4, -0.2) is 33.5 Å². The molecule has 1 atom stereocenters. The fraction of sp³-hybridized carbons (Fsp3) is 0.381. The molecule has 2 aromatic heterocycles. The molecule has 1 fully saturated rings. The third-order valence-electron chi connectivity index (χ3n) is 5.24. The summed E-state index contributed by atoms with van der Waals surface area (Å²) < 4.78 is 2.24. The van der Waals surface area contributed by atoms with Gasteiger partial charge in [0.1, 0.15) is 0 Å². The Morgan fingerprint density at radius 3 is 2.85 bits per heavy atom. The first kappa shape index (κ1) is 17.5. The number of pyridine rings is 1. The van der Waals surface area contributed by atoms with Crippen LogP contribution in [0.2, 0.25) is 0 Å². The Labute approximate surface area is 159 Å². The van der Waals surface area contributed by atoms with Gasteiger partial charge in [-0.05, 0) is 49.6 Å². The van der Waals surface area contributed by atoms with E-state index in [1.807, 2.05) is 30.3 Å².